The van der Waals surface area contributed by atoms with Crippen molar-refractivity contribution in [2.75, 3.05) is 35.5 Å². The van der Waals surface area contributed by atoms with Crippen LogP contribution in [-0.4, -0.2) is 35.5 Å². The number of ether oxygens (including phenoxy) is 5. The Morgan fingerprint density at radius 1 is 0.765 bits per heavy atom. The van der Waals surface area contributed by atoms with Crippen molar-refractivity contribution >= 4 is 0 Å². The van der Waals surface area contributed by atoms with Gasteiger partial charge >= 0.3 is 5.97 Å². The Hall–Kier alpha value is -1.30. The third kappa shape index (κ3) is 2.52. The van der Waals surface area contributed by atoms with E-state index < -0.39 is 5.97 Å². The van der Waals surface area contributed by atoms with E-state index in [4.69, 9.17) is 23.7 Å². The first kappa shape index (κ1) is 13.8. The predicted octanol–water partition coefficient (Wildman–Crippen LogP) is 1.75. The summed E-state index contributed by atoms with van der Waals surface area (Å²) >= 11 is 0. The van der Waals surface area contributed by atoms with Gasteiger partial charge < -0.3 is 23.7 Å². The van der Waals surface area contributed by atoms with Gasteiger partial charge in [-0.25, -0.2) is 0 Å². The molecule has 0 bridgehead atoms. The van der Waals surface area contributed by atoms with Gasteiger partial charge in [0.1, 0.15) is 0 Å². The molecular weight excluding hydrogens is 224 g/mol. The minimum Gasteiger partial charge on any atom is -0.493 e. The summed E-state index contributed by atoms with van der Waals surface area (Å²) in [5.74, 6) is -0.0199. The molecule has 0 aliphatic rings. The highest BCUT2D eigenvalue weighted by Crippen LogP contribution is 2.34. The molecule has 0 aromatic heterocycles. The first-order valence-electron chi connectivity index (χ1n) is 5.05. The standard InChI is InChI=1S/C12H18O5/c1-13-10-7-6-9(8-11(10)14-2)12(15-3,16-4)17-5/h6-8H,1-5H3. The molecule has 96 valence electrons. The molecule has 17 heavy (non-hydrogen) atoms. The molecule has 0 radical (unpaired) electrons. The van der Waals surface area contributed by atoms with Crippen LogP contribution < -0.4 is 9.47 Å². The average molecular weight is 242 g/mol. The molecule has 0 aliphatic carbocycles. The zero-order valence-corrected chi connectivity index (χ0v) is 10.8. The summed E-state index contributed by atoms with van der Waals surface area (Å²) in [7, 11) is 7.65. The second-order valence-corrected chi connectivity index (χ2v) is 3.24. The molecule has 0 amide bonds. The molecule has 0 unspecified atom stereocenters. The highest BCUT2D eigenvalue weighted by Gasteiger charge is 2.33. The number of hydrogen-bond donors (Lipinski definition) is 0. The predicted molar refractivity (Wildman–Crippen MR) is 62.3 cm³/mol. The van der Waals surface area contributed by atoms with Crippen LogP contribution in [-0.2, 0) is 20.2 Å². The molecule has 0 saturated carbocycles. The summed E-state index contributed by atoms with van der Waals surface area (Å²) in [5.41, 5.74) is 0.683. The minimum atomic E-state index is -1.24. The Morgan fingerprint density at radius 3 is 1.71 bits per heavy atom. The van der Waals surface area contributed by atoms with Crippen LogP contribution in [0.3, 0.4) is 0 Å². The summed E-state index contributed by atoms with van der Waals surface area (Å²) in [6, 6.07) is 5.30. The molecule has 1 rings (SSSR count). The van der Waals surface area contributed by atoms with E-state index in [1.54, 1.807) is 32.4 Å². The van der Waals surface area contributed by atoms with Crippen molar-refractivity contribution in [3.05, 3.63) is 23.8 Å². The third-order valence-corrected chi connectivity index (χ3v) is 2.54. The monoisotopic (exact) mass is 242 g/mol. The van der Waals surface area contributed by atoms with Crippen molar-refractivity contribution in [2.24, 2.45) is 0 Å². The quantitative estimate of drug-likeness (QED) is 0.711. The fraction of sp³-hybridized carbons (Fsp3) is 0.500. The maximum absolute atomic E-state index is 5.25. The van der Waals surface area contributed by atoms with Crippen LogP contribution in [0.15, 0.2) is 18.2 Å². The second-order valence-electron chi connectivity index (χ2n) is 3.24. The summed E-state index contributed by atoms with van der Waals surface area (Å²) in [5, 5.41) is 0. The molecule has 5 nitrogen and oxygen atoms in total. The Morgan fingerprint density at radius 2 is 1.29 bits per heavy atom. The van der Waals surface area contributed by atoms with E-state index in [0.717, 1.165) is 0 Å². The summed E-state index contributed by atoms with van der Waals surface area (Å²) in [6.45, 7) is 0. The van der Waals surface area contributed by atoms with Crippen LogP contribution >= 0.6 is 0 Å². The Balaban J connectivity index is 3.22. The van der Waals surface area contributed by atoms with E-state index in [1.807, 2.05) is 0 Å². The Bertz CT molecular complexity index is 352. The smallest absolute Gasteiger partial charge is 0.311 e. The molecule has 5 heteroatoms. The van der Waals surface area contributed by atoms with Crippen molar-refractivity contribution < 1.29 is 23.7 Å². The number of rotatable bonds is 6. The van der Waals surface area contributed by atoms with E-state index >= 15 is 0 Å². The van der Waals surface area contributed by atoms with Crippen molar-refractivity contribution in [3.8, 4) is 11.5 Å². The van der Waals surface area contributed by atoms with Gasteiger partial charge in [-0.05, 0) is 18.2 Å². The maximum atomic E-state index is 5.25. The van der Waals surface area contributed by atoms with Gasteiger partial charge in [0.25, 0.3) is 0 Å². The van der Waals surface area contributed by atoms with Gasteiger partial charge in [-0.1, -0.05) is 0 Å². The van der Waals surface area contributed by atoms with Gasteiger partial charge in [0, 0.05) is 26.9 Å². The highest BCUT2D eigenvalue weighted by molar-refractivity contribution is 5.43. The lowest BCUT2D eigenvalue weighted by Gasteiger charge is -2.29. The first-order valence-corrected chi connectivity index (χ1v) is 5.05. The largest absolute Gasteiger partial charge is 0.493 e. The van der Waals surface area contributed by atoms with Crippen LogP contribution in [0.5, 0.6) is 11.5 Å². The molecule has 1 aromatic rings. The van der Waals surface area contributed by atoms with E-state index in [0.29, 0.717) is 17.1 Å². The van der Waals surface area contributed by atoms with Gasteiger partial charge in [0.05, 0.1) is 14.2 Å². The third-order valence-electron chi connectivity index (χ3n) is 2.54. The lowest BCUT2D eigenvalue weighted by atomic mass is 10.1. The molecule has 0 N–H and O–H groups in total. The topological polar surface area (TPSA) is 46.2 Å². The van der Waals surface area contributed by atoms with Gasteiger partial charge in [-0.2, -0.15) is 0 Å². The van der Waals surface area contributed by atoms with E-state index in [-0.39, 0.29) is 0 Å². The fourth-order valence-corrected chi connectivity index (χ4v) is 1.63. The maximum Gasteiger partial charge on any atom is 0.311 e. The summed E-state index contributed by atoms with van der Waals surface area (Å²) < 4.78 is 26.1. The summed E-state index contributed by atoms with van der Waals surface area (Å²) in [6.07, 6.45) is 0. The van der Waals surface area contributed by atoms with Gasteiger partial charge in [-0.15, -0.1) is 0 Å². The average Bonchev–Trinajstić information content (AvgIpc) is 2.41. The number of benzene rings is 1. The zero-order valence-electron chi connectivity index (χ0n) is 10.8. The fourth-order valence-electron chi connectivity index (χ4n) is 1.63. The molecule has 1 aromatic carbocycles. The number of methoxy groups -OCH3 is 5. The van der Waals surface area contributed by atoms with Crippen LogP contribution in [0, 0.1) is 0 Å². The Kier molecular flexibility index (Phi) is 4.74. The van der Waals surface area contributed by atoms with Gasteiger partial charge in [0.2, 0.25) is 0 Å². The minimum absolute atomic E-state index is 0.584. The normalized spacial score (nSPS) is 11.4. The van der Waals surface area contributed by atoms with Gasteiger partial charge in [0.15, 0.2) is 11.5 Å². The van der Waals surface area contributed by atoms with Crippen molar-refractivity contribution in [3.63, 3.8) is 0 Å². The van der Waals surface area contributed by atoms with Crippen LogP contribution in [0.25, 0.3) is 0 Å². The van der Waals surface area contributed by atoms with E-state index in [9.17, 15) is 0 Å². The van der Waals surface area contributed by atoms with Crippen molar-refractivity contribution in [1.82, 2.24) is 0 Å². The lowest BCUT2D eigenvalue weighted by Crippen LogP contribution is -2.32. The van der Waals surface area contributed by atoms with Crippen molar-refractivity contribution in [2.45, 2.75) is 5.97 Å². The molecule has 0 heterocycles. The molecule has 0 spiro atoms. The van der Waals surface area contributed by atoms with E-state index in [1.165, 1.54) is 21.3 Å². The molecule has 0 atom stereocenters. The first-order chi connectivity index (χ1) is 8.17. The SMILES string of the molecule is COc1ccc(C(OC)(OC)OC)cc1OC. The summed E-state index contributed by atoms with van der Waals surface area (Å²) in [4.78, 5) is 0. The van der Waals surface area contributed by atoms with Crippen LogP contribution in [0.2, 0.25) is 0 Å². The molecule has 0 aliphatic heterocycles. The lowest BCUT2D eigenvalue weighted by molar-refractivity contribution is -0.364. The second kappa shape index (κ2) is 5.86. The zero-order chi connectivity index (χ0) is 12.9. The molecular formula is C12H18O5. The van der Waals surface area contributed by atoms with E-state index in [2.05, 4.69) is 0 Å². The van der Waals surface area contributed by atoms with Crippen LogP contribution in [0.1, 0.15) is 5.56 Å². The Labute approximate surface area is 101 Å². The van der Waals surface area contributed by atoms with Gasteiger partial charge in [-0.3, -0.25) is 0 Å². The highest BCUT2D eigenvalue weighted by atomic mass is 16.9. The van der Waals surface area contributed by atoms with Crippen molar-refractivity contribution in [1.29, 1.82) is 0 Å². The number of hydrogen-bond acceptors (Lipinski definition) is 5. The molecule has 0 fully saturated rings. The van der Waals surface area contributed by atoms with Crippen LogP contribution in [0.4, 0.5) is 0 Å². The molecule has 0 saturated heterocycles.